The average molecular weight is 498 g/mol. The molecule has 1 heterocycles. The lowest BCUT2D eigenvalue weighted by atomic mass is 9.88. The fourth-order valence-electron chi connectivity index (χ4n) is 5.09. The summed E-state index contributed by atoms with van der Waals surface area (Å²) in [6.07, 6.45) is 4.11. The fourth-order valence-corrected chi connectivity index (χ4v) is 5.09. The van der Waals surface area contributed by atoms with Gasteiger partial charge in [0, 0.05) is 24.2 Å². The highest BCUT2D eigenvalue weighted by Crippen LogP contribution is 2.43. The number of hydrogen-bond acceptors (Lipinski definition) is 6. The molecule has 1 unspecified atom stereocenters. The molecule has 1 aliphatic heterocycles. The van der Waals surface area contributed by atoms with Gasteiger partial charge >= 0.3 is 5.97 Å². The van der Waals surface area contributed by atoms with Crippen LogP contribution in [0.2, 0.25) is 0 Å². The van der Waals surface area contributed by atoms with Crippen molar-refractivity contribution in [1.29, 1.82) is 0 Å². The summed E-state index contributed by atoms with van der Waals surface area (Å²) in [5.41, 5.74) is 3.95. The second-order valence-corrected chi connectivity index (χ2v) is 9.22. The maximum absolute atomic E-state index is 13.4. The van der Waals surface area contributed by atoms with Crippen molar-refractivity contribution in [3.05, 3.63) is 94.6 Å². The molecule has 5 rings (SSSR count). The highest BCUT2D eigenvalue weighted by Gasteiger charge is 2.47. The number of methoxy groups -OCH3 is 1. The van der Waals surface area contributed by atoms with E-state index >= 15 is 0 Å². The third kappa shape index (κ3) is 4.60. The largest absolute Gasteiger partial charge is 0.507 e. The molecular formula is C30H27NO6. The van der Waals surface area contributed by atoms with Gasteiger partial charge in [0.05, 0.1) is 18.7 Å². The van der Waals surface area contributed by atoms with Gasteiger partial charge in [0.1, 0.15) is 17.3 Å². The van der Waals surface area contributed by atoms with Gasteiger partial charge in [0.25, 0.3) is 11.7 Å². The molecule has 0 saturated carbocycles. The van der Waals surface area contributed by atoms with Crippen LogP contribution in [-0.4, -0.2) is 29.9 Å². The van der Waals surface area contributed by atoms with Crippen molar-refractivity contribution in [2.24, 2.45) is 0 Å². The first kappa shape index (κ1) is 24.3. The van der Waals surface area contributed by atoms with Crippen LogP contribution in [-0.2, 0) is 27.2 Å². The number of Topliss-reactive ketones (excluding diaryl/α,β-unsaturated/α-hetero) is 1. The van der Waals surface area contributed by atoms with Crippen LogP contribution in [0, 0.1) is 0 Å². The number of anilines is 1. The van der Waals surface area contributed by atoms with E-state index < -0.39 is 23.7 Å². The van der Waals surface area contributed by atoms with Crippen molar-refractivity contribution < 1.29 is 29.0 Å². The quantitative estimate of drug-likeness (QED) is 0.173. The lowest BCUT2D eigenvalue weighted by molar-refractivity contribution is -0.132. The predicted molar refractivity (Wildman–Crippen MR) is 139 cm³/mol. The number of carbonyl (C=O) groups excluding carboxylic acids is 3. The number of carbonyl (C=O) groups is 3. The monoisotopic (exact) mass is 497 g/mol. The number of fused-ring (bicyclic) bond motifs is 1. The van der Waals surface area contributed by atoms with Crippen molar-refractivity contribution in [1.82, 2.24) is 0 Å². The summed E-state index contributed by atoms with van der Waals surface area (Å²) in [6, 6.07) is 18.3. The zero-order chi connectivity index (χ0) is 26.1. The molecular weight excluding hydrogens is 470 g/mol. The third-order valence-corrected chi connectivity index (χ3v) is 6.86. The number of ether oxygens (including phenoxy) is 2. The number of aliphatic hydroxyl groups excluding tert-OH is 1. The second kappa shape index (κ2) is 9.93. The van der Waals surface area contributed by atoms with Gasteiger partial charge in [-0.2, -0.15) is 0 Å². The van der Waals surface area contributed by atoms with Crippen LogP contribution in [0.5, 0.6) is 11.5 Å². The maximum atomic E-state index is 13.4. The lowest BCUT2D eigenvalue weighted by Crippen LogP contribution is -2.29. The summed E-state index contributed by atoms with van der Waals surface area (Å²) in [5, 5.41) is 11.5. The Labute approximate surface area is 214 Å². The van der Waals surface area contributed by atoms with Gasteiger partial charge < -0.3 is 14.6 Å². The molecule has 1 N–H and O–H groups in total. The molecule has 0 aromatic heterocycles. The van der Waals surface area contributed by atoms with E-state index in [4.69, 9.17) is 9.47 Å². The summed E-state index contributed by atoms with van der Waals surface area (Å²) < 4.78 is 10.5. The van der Waals surface area contributed by atoms with Gasteiger partial charge in [-0.3, -0.25) is 19.3 Å². The fraction of sp³-hybridized carbons (Fsp3) is 0.233. The molecule has 7 heteroatoms. The molecule has 2 aliphatic rings. The van der Waals surface area contributed by atoms with E-state index in [0.717, 1.165) is 31.2 Å². The molecule has 1 aliphatic carbocycles. The number of aliphatic hydroxyl groups is 1. The Morgan fingerprint density at radius 1 is 0.919 bits per heavy atom. The van der Waals surface area contributed by atoms with Crippen LogP contribution < -0.4 is 14.4 Å². The summed E-state index contributed by atoms with van der Waals surface area (Å²) in [5.74, 6) is -1.33. The van der Waals surface area contributed by atoms with Crippen molar-refractivity contribution in [3.63, 3.8) is 0 Å². The minimum Gasteiger partial charge on any atom is -0.507 e. The number of rotatable bonds is 5. The minimum atomic E-state index is -0.894. The molecule has 3 aromatic rings. The van der Waals surface area contributed by atoms with Gasteiger partial charge in [0.15, 0.2) is 0 Å². The molecule has 37 heavy (non-hydrogen) atoms. The van der Waals surface area contributed by atoms with Gasteiger partial charge in [-0.25, -0.2) is 0 Å². The molecule has 3 aromatic carbocycles. The normalized spacial score (nSPS) is 18.4. The first-order valence-corrected chi connectivity index (χ1v) is 12.2. The van der Waals surface area contributed by atoms with E-state index in [1.165, 1.54) is 24.5 Å². The van der Waals surface area contributed by atoms with Crippen LogP contribution in [0.1, 0.15) is 48.1 Å². The van der Waals surface area contributed by atoms with Gasteiger partial charge in [-0.05, 0) is 72.7 Å². The van der Waals surface area contributed by atoms with E-state index in [2.05, 4.69) is 0 Å². The van der Waals surface area contributed by atoms with Crippen molar-refractivity contribution in [2.45, 2.75) is 38.6 Å². The topological polar surface area (TPSA) is 93.1 Å². The molecule has 188 valence electrons. The second-order valence-electron chi connectivity index (χ2n) is 9.22. The highest BCUT2D eigenvalue weighted by atomic mass is 16.5. The smallest absolute Gasteiger partial charge is 0.308 e. The average Bonchev–Trinajstić information content (AvgIpc) is 3.18. The number of ketones is 1. The number of hydrogen-bond donors (Lipinski definition) is 1. The Bertz CT molecular complexity index is 1420. The van der Waals surface area contributed by atoms with E-state index in [-0.39, 0.29) is 11.3 Å². The SMILES string of the molecule is COc1cccc(N2C(=O)C(=O)/C(=C(\O)c3ccc4c(c3)CCCC4)C2c2ccc(OC(C)=O)cc2)c1. The van der Waals surface area contributed by atoms with Crippen molar-refractivity contribution in [2.75, 3.05) is 12.0 Å². The summed E-state index contributed by atoms with van der Waals surface area (Å²) in [6.45, 7) is 1.31. The third-order valence-electron chi connectivity index (χ3n) is 6.86. The van der Waals surface area contributed by atoms with Crippen LogP contribution in [0.15, 0.2) is 72.3 Å². The Balaban J connectivity index is 1.66. The van der Waals surface area contributed by atoms with Crippen LogP contribution >= 0.6 is 0 Å². The van der Waals surface area contributed by atoms with Gasteiger partial charge in [0.2, 0.25) is 0 Å². The van der Waals surface area contributed by atoms with E-state index in [1.807, 2.05) is 12.1 Å². The summed E-state index contributed by atoms with van der Waals surface area (Å²) in [4.78, 5) is 39.6. The molecule has 1 amide bonds. The Hall–Kier alpha value is -4.39. The standard InChI is InChI=1S/C30H27NO6/c1-18(32)37-24-14-12-20(13-15-24)27-26(28(33)22-11-10-19-6-3-4-7-21(19)16-22)29(34)30(35)31(27)23-8-5-9-25(17-23)36-2/h5,8-17,27,33H,3-4,6-7H2,1-2H3/b28-26-. The molecule has 0 radical (unpaired) electrons. The van der Waals surface area contributed by atoms with Crippen molar-refractivity contribution in [3.8, 4) is 11.5 Å². The summed E-state index contributed by atoms with van der Waals surface area (Å²) >= 11 is 0. The molecule has 0 bridgehead atoms. The van der Waals surface area contributed by atoms with Crippen molar-refractivity contribution >= 4 is 29.1 Å². The number of esters is 1. The number of aryl methyl sites for hydroxylation is 2. The van der Waals surface area contributed by atoms with Crippen LogP contribution in [0.25, 0.3) is 5.76 Å². The Kier molecular flexibility index (Phi) is 6.53. The number of amides is 1. The van der Waals surface area contributed by atoms with Crippen LogP contribution in [0.3, 0.4) is 0 Å². The van der Waals surface area contributed by atoms with E-state index in [1.54, 1.807) is 54.6 Å². The van der Waals surface area contributed by atoms with E-state index in [0.29, 0.717) is 28.3 Å². The molecule has 0 spiro atoms. The first-order chi connectivity index (χ1) is 17.9. The predicted octanol–water partition coefficient (Wildman–Crippen LogP) is 5.13. The lowest BCUT2D eigenvalue weighted by Gasteiger charge is -2.26. The van der Waals surface area contributed by atoms with Gasteiger partial charge in [-0.1, -0.05) is 30.3 Å². The number of benzene rings is 3. The van der Waals surface area contributed by atoms with Crippen LogP contribution in [0.4, 0.5) is 5.69 Å². The zero-order valence-electron chi connectivity index (χ0n) is 20.7. The Morgan fingerprint density at radius 3 is 2.35 bits per heavy atom. The minimum absolute atomic E-state index is 0.00353. The molecule has 1 saturated heterocycles. The number of nitrogens with zero attached hydrogens (tertiary/aromatic N) is 1. The zero-order valence-corrected chi connectivity index (χ0v) is 20.7. The summed E-state index contributed by atoms with van der Waals surface area (Å²) in [7, 11) is 1.52. The molecule has 1 fully saturated rings. The Morgan fingerprint density at radius 2 is 1.65 bits per heavy atom. The molecule has 1 atom stereocenters. The highest BCUT2D eigenvalue weighted by molar-refractivity contribution is 6.51. The maximum Gasteiger partial charge on any atom is 0.308 e. The first-order valence-electron chi connectivity index (χ1n) is 12.2. The van der Waals surface area contributed by atoms with Gasteiger partial charge in [-0.15, -0.1) is 0 Å². The molecule has 7 nitrogen and oxygen atoms in total. The van der Waals surface area contributed by atoms with E-state index in [9.17, 15) is 19.5 Å².